The second kappa shape index (κ2) is 9.91. The van der Waals surface area contributed by atoms with Crippen molar-refractivity contribution in [2.45, 2.75) is 6.42 Å². The van der Waals surface area contributed by atoms with Crippen molar-refractivity contribution in [2.24, 2.45) is 5.11 Å². The maximum absolute atomic E-state index is 7.91. The van der Waals surface area contributed by atoms with E-state index in [9.17, 15) is 0 Å². The van der Waals surface area contributed by atoms with Gasteiger partial charge < -0.3 is 0 Å². The Kier molecular flexibility index (Phi) is 8.32. The molecule has 3 nitrogen and oxygen atoms in total. The minimum Gasteiger partial charge on any atom is -0.102 e. The highest BCUT2D eigenvalue weighted by Gasteiger charge is 1.64. The van der Waals surface area contributed by atoms with Gasteiger partial charge in [-0.05, 0) is 17.7 Å². The van der Waals surface area contributed by atoms with Crippen LogP contribution in [0.25, 0.3) is 10.4 Å². The van der Waals surface area contributed by atoms with Crippen LogP contribution in [0.5, 0.6) is 0 Å². The third kappa shape index (κ3) is 9.91. The molecule has 0 atom stereocenters. The molecule has 0 saturated heterocycles. The van der Waals surface area contributed by atoms with Crippen molar-refractivity contribution in [2.75, 3.05) is 6.54 Å². The quantitative estimate of drug-likeness (QED) is 0.201. The fourth-order valence-electron chi connectivity index (χ4n) is 0.445. The van der Waals surface area contributed by atoms with Crippen LogP contribution in [-0.4, -0.2) is 6.54 Å². The molecule has 0 rings (SSSR count). The summed E-state index contributed by atoms with van der Waals surface area (Å²) in [6.07, 6.45) is 5.67. The zero-order valence-corrected chi connectivity index (χ0v) is 7.20. The number of rotatable bonds is 2. The van der Waals surface area contributed by atoms with Crippen LogP contribution in [-0.2, 0) is 0 Å². The van der Waals surface area contributed by atoms with Gasteiger partial charge in [-0.3, -0.25) is 0 Å². The smallest absolute Gasteiger partial charge is 0.0880 e. The maximum atomic E-state index is 7.91. The minimum absolute atomic E-state index is 0.195. The number of allylic oxidation sites excluding steroid dienone is 3. The van der Waals surface area contributed by atoms with Gasteiger partial charge in [-0.1, -0.05) is 34.9 Å². The Hall–Kier alpha value is -2.09. The third-order valence-electron chi connectivity index (χ3n) is 0.914. The van der Waals surface area contributed by atoms with Gasteiger partial charge >= 0.3 is 0 Å². The fraction of sp³-hybridized carbons (Fsp3) is 0.200. The predicted molar refractivity (Wildman–Crippen MR) is 53.5 cm³/mol. The summed E-state index contributed by atoms with van der Waals surface area (Å²) >= 11 is 0. The molecule has 0 aromatic carbocycles. The van der Waals surface area contributed by atoms with E-state index >= 15 is 0 Å². The van der Waals surface area contributed by atoms with Crippen molar-refractivity contribution in [3.05, 3.63) is 35.2 Å². The first kappa shape index (κ1) is 10.9. The molecule has 0 aliphatic carbocycles. The first-order valence-corrected chi connectivity index (χ1v) is 3.65. The molecule has 0 N–H and O–H groups in total. The molecule has 0 aromatic rings. The van der Waals surface area contributed by atoms with Gasteiger partial charge in [0.1, 0.15) is 0 Å². The van der Waals surface area contributed by atoms with Crippen LogP contribution in [0, 0.1) is 23.7 Å². The lowest BCUT2D eigenvalue weighted by atomic mass is 10.4. The molecule has 0 amide bonds. The Bertz CT molecular complexity index is 338. The molecule has 0 heterocycles. The lowest BCUT2D eigenvalue weighted by molar-refractivity contribution is 1.25. The van der Waals surface area contributed by atoms with Gasteiger partial charge in [0.15, 0.2) is 0 Å². The second-order valence-electron chi connectivity index (χ2n) is 1.86. The van der Waals surface area contributed by atoms with Crippen molar-refractivity contribution < 1.29 is 0 Å². The number of nitrogens with zero attached hydrogens (tertiary/aromatic N) is 3. The lowest BCUT2D eigenvalue weighted by Crippen LogP contribution is -1.65. The number of hydrogen-bond acceptors (Lipinski definition) is 1. The van der Waals surface area contributed by atoms with Gasteiger partial charge in [-0.25, -0.2) is 0 Å². The second-order valence-corrected chi connectivity index (χ2v) is 1.86. The van der Waals surface area contributed by atoms with Crippen molar-refractivity contribution in [3.63, 3.8) is 0 Å². The molecule has 64 valence electrons. The lowest BCUT2D eigenvalue weighted by Gasteiger charge is -1.69. The summed E-state index contributed by atoms with van der Waals surface area (Å²) in [5, 5.41) is 3.24. The molecule has 0 spiro atoms. The number of azide groups is 1. The molecule has 13 heavy (non-hydrogen) atoms. The van der Waals surface area contributed by atoms with Crippen molar-refractivity contribution in [1.29, 1.82) is 0 Å². The van der Waals surface area contributed by atoms with E-state index in [0.29, 0.717) is 6.42 Å². The topological polar surface area (TPSA) is 48.8 Å². The number of hydrogen-bond donors (Lipinski definition) is 0. The van der Waals surface area contributed by atoms with E-state index in [1.165, 1.54) is 0 Å². The average Bonchev–Trinajstić information content (AvgIpc) is 2.16. The molecular weight excluding hydrogens is 162 g/mol. The molecular formula is C10H9N3. The zero-order valence-electron chi connectivity index (χ0n) is 7.20. The summed E-state index contributed by atoms with van der Waals surface area (Å²) in [6.45, 7) is 3.72. The van der Waals surface area contributed by atoms with Crippen LogP contribution in [0.3, 0.4) is 0 Å². The van der Waals surface area contributed by atoms with E-state index in [0.717, 1.165) is 0 Å². The molecule has 0 fully saturated rings. The van der Waals surface area contributed by atoms with Crippen molar-refractivity contribution in [3.8, 4) is 23.7 Å². The van der Waals surface area contributed by atoms with Crippen LogP contribution in [0.15, 0.2) is 29.9 Å². The molecule has 3 heteroatoms. The van der Waals surface area contributed by atoms with Crippen molar-refractivity contribution in [1.82, 2.24) is 0 Å². The standard InChI is InChI=1S/C10H9N3/c1-2-3-4-5-6-7-8-9-10-12-13-11/h2,6-7H,1,3,10H2/b7-6+. The van der Waals surface area contributed by atoms with Gasteiger partial charge in [-0.15, -0.1) is 6.58 Å². The van der Waals surface area contributed by atoms with E-state index in [1.54, 1.807) is 18.2 Å². The SMILES string of the molecule is C=CCC#C/C=C/C#CCN=[N+]=[N-]. The summed E-state index contributed by atoms with van der Waals surface area (Å²) < 4.78 is 0. The van der Waals surface area contributed by atoms with Crippen LogP contribution < -0.4 is 0 Å². The van der Waals surface area contributed by atoms with Crippen LogP contribution in [0.4, 0.5) is 0 Å². The first-order valence-electron chi connectivity index (χ1n) is 3.65. The van der Waals surface area contributed by atoms with E-state index in [2.05, 4.69) is 40.3 Å². The Morgan fingerprint density at radius 2 is 2.00 bits per heavy atom. The Morgan fingerprint density at radius 3 is 2.62 bits per heavy atom. The summed E-state index contributed by atoms with van der Waals surface area (Å²) in [5.41, 5.74) is 7.91. The highest BCUT2D eigenvalue weighted by atomic mass is 15.1. The normalized spacial score (nSPS) is 7.38. The van der Waals surface area contributed by atoms with E-state index < -0.39 is 0 Å². The Labute approximate surface area is 77.8 Å². The molecule has 0 aromatic heterocycles. The van der Waals surface area contributed by atoms with E-state index in [4.69, 9.17) is 5.53 Å². The van der Waals surface area contributed by atoms with Gasteiger partial charge in [0.05, 0.1) is 6.54 Å². The maximum Gasteiger partial charge on any atom is 0.0880 e. The van der Waals surface area contributed by atoms with E-state index in [1.807, 2.05) is 0 Å². The summed E-state index contributed by atoms with van der Waals surface area (Å²) in [4.78, 5) is 2.55. The van der Waals surface area contributed by atoms with Gasteiger partial charge in [0, 0.05) is 11.3 Å². The molecule has 0 saturated carbocycles. The first-order chi connectivity index (χ1) is 6.41. The highest BCUT2D eigenvalue weighted by Crippen LogP contribution is 1.74. The predicted octanol–water partition coefficient (Wildman–Crippen LogP) is 2.44. The summed E-state index contributed by atoms with van der Waals surface area (Å²) in [5.74, 6) is 10.9. The molecule has 0 aliphatic heterocycles. The van der Waals surface area contributed by atoms with Gasteiger partial charge in [-0.2, -0.15) is 0 Å². The largest absolute Gasteiger partial charge is 0.102 e. The monoisotopic (exact) mass is 171 g/mol. The molecule has 0 aliphatic rings. The van der Waals surface area contributed by atoms with Gasteiger partial charge in [0.2, 0.25) is 0 Å². The molecule has 0 radical (unpaired) electrons. The van der Waals surface area contributed by atoms with E-state index in [-0.39, 0.29) is 6.54 Å². The average molecular weight is 171 g/mol. The minimum atomic E-state index is 0.195. The Balaban J connectivity index is 3.73. The van der Waals surface area contributed by atoms with Crippen LogP contribution in [0.1, 0.15) is 6.42 Å². The summed E-state index contributed by atoms with van der Waals surface area (Å²) in [7, 11) is 0. The summed E-state index contributed by atoms with van der Waals surface area (Å²) in [6, 6.07) is 0. The zero-order chi connectivity index (χ0) is 9.78. The molecule has 0 unspecified atom stereocenters. The Morgan fingerprint density at radius 1 is 1.31 bits per heavy atom. The van der Waals surface area contributed by atoms with Crippen molar-refractivity contribution >= 4 is 0 Å². The van der Waals surface area contributed by atoms with Crippen LogP contribution in [0.2, 0.25) is 0 Å². The molecule has 0 bridgehead atoms. The highest BCUT2D eigenvalue weighted by molar-refractivity contribution is 5.25. The van der Waals surface area contributed by atoms with Gasteiger partial charge in [0.25, 0.3) is 0 Å². The third-order valence-corrected chi connectivity index (χ3v) is 0.914. The fourth-order valence-corrected chi connectivity index (χ4v) is 0.445. The van der Waals surface area contributed by atoms with Crippen LogP contribution >= 0.6 is 0 Å².